The summed E-state index contributed by atoms with van der Waals surface area (Å²) in [5.41, 5.74) is 2.49. The van der Waals surface area contributed by atoms with Crippen molar-refractivity contribution in [3.05, 3.63) is 29.8 Å². The van der Waals surface area contributed by atoms with E-state index < -0.39 is 0 Å². The summed E-state index contributed by atoms with van der Waals surface area (Å²) in [5.74, 6) is 0. The SMILES string of the molecule is CCN(CC)c1ccc(C(CO)N2CCN(CC)C(C)C2)cc1. The zero-order valence-corrected chi connectivity index (χ0v) is 15.2. The van der Waals surface area contributed by atoms with Crippen LogP contribution in [0.5, 0.6) is 0 Å². The lowest BCUT2D eigenvalue weighted by Gasteiger charge is -2.42. The molecule has 1 fully saturated rings. The summed E-state index contributed by atoms with van der Waals surface area (Å²) in [6.07, 6.45) is 0. The van der Waals surface area contributed by atoms with E-state index >= 15 is 0 Å². The molecule has 1 aromatic carbocycles. The van der Waals surface area contributed by atoms with Crippen LogP contribution in [0.15, 0.2) is 24.3 Å². The van der Waals surface area contributed by atoms with Gasteiger partial charge in [0.2, 0.25) is 0 Å². The molecule has 4 heteroatoms. The molecule has 1 aromatic rings. The molecule has 0 amide bonds. The summed E-state index contributed by atoms with van der Waals surface area (Å²) < 4.78 is 0. The average Bonchev–Trinajstić information content (AvgIpc) is 2.58. The summed E-state index contributed by atoms with van der Waals surface area (Å²) >= 11 is 0. The highest BCUT2D eigenvalue weighted by atomic mass is 16.3. The van der Waals surface area contributed by atoms with Gasteiger partial charge in [-0.2, -0.15) is 0 Å². The number of hydrogen-bond acceptors (Lipinski definition) is 4. The number of aliphatic hydroxyl groups excluding tert-OH is 1. The Morgan fingerprint density at radius 1 is 1.13 bits per heavy atom. The Kier molecular flexibility index (Phi) is 6.88. The van der Waals surface area contributed by atoms with Crippen molar-refractivity contribution in [3.8, 4) is 0 Å². The van der Waals surface area contributed by atoms with E-state index in [0.717, 1.165) is 39.3 Å². The highest BCUT2D eigenvalue weighted by Gasteiger charge is 2.28. The van der Waals surface area contributed by atoms with Crippen LogP contribution >= 0.6 is 0 Å². The molecule has 0 radical (unpaired) electrons. The number of piperazine rings is 1. The molecule has 0 aliphatic carbocycles. The normalized spacial score (nSPS) is 21.3. The monoisotopic (exact) mass is 319 g/mol. The molecule has 0 saturated carbocycles. The minimum Gasteiger partial charge on any atom is -0.394 e. The molecule has 0 aromatic heterocycles. The van der Waals surface area contributed by atoms with Crippen LogP contribution in [0.1, 0.15) is 39.3 Å². The van der Waals surface area contributed by atoms with E-state index in [-0.39, 0.29) is 12.6 Å². The molecule has 1 aliphatic heterocycles. The molecular weight excluding hydrogens is 286 g/mol. The van der Waals surface area contributed by atoms with Crippen LogP contribution in [0.2, 0.25) is 0 Å². The van der Waals surface area contributed by atoms with E-state index in [0.29, 0.717) is 6.04 Å². The van der Waals surface area contributed by atoms with Crippen LogP contribution in [-0.2, 0) is 0 Å². The second-order valence-electron chi connectivity index (χ2n) is 6.43. The molecule has 4 nitrogen and oxygen atoms in total. The second kappa shape index (κ2) is 8.67. The first-order valence-electron chi connectivity index (χ1n) is 9.08. The average molecular weight is 319 g/mol. The largest absolute Gasteiger partial charge is 0.394 e. The van der Waals surface area contributed by atoms with Gasteiger partial charge in [-0.1, -0.05) is 19.1 Å². The molecule has 1 N–H and O–H groups in total. The van der Waals surface area contributed by atoms with Gasteiger partial charge < -0.3 is 10.0 Å². The lowest BCUT2D eigenvalue weighted by Crippen LogP contribution is -2.53. The van der Waals surface area contributed by atoms with E-state index in [2.05, 4.69) is 66.7 Å². The Hall–Kier alpha value is -1.10. The standard InChI is InChI=1S/C19H33N3O/c1-5-20(6-2)18-10-8-17(9-11-18)19(15-23)22-13-12-21(7-3)16(4)14-22/h8-11,16,19,23H,5-7,12-15H2,1-4H3. The maximum atomic E-state index is 9.95. The number of hydrogen-bond donors (Lipinski definition) is 1. The first kappa shape index (κ1) is 18.2. The number of benzene rings is 1. The Morgan fingerprint density at radius 3 is 2.26 bits per heavy atom. The van der Waals surface area contributed by atoms with E-state index in [9.17, 15) is 5.11 Å². The predicted molar refractivity (Wildman–Crippen MR) is 98.1 cm³/mol. The highest BCUT2D eigenvalue weighted by Crippen LogP contribution is 2.26. The van der Waals surface area contributed by atoms with Crippen molar-refractivity contribution < 1.29 is 5.11 Å². The van der Waals surface area contributed by atoms with E-state index in [4.69, 9.17) is 0 Å². The minimum absolute atomic E-state index is 0.113. The molecule has 2 unspecified atom stereocenters. The van der Waals surface area contributed by atoms with Gasteiger partial charge in [-0.05, 0) is 45.0 Å². The van der Waals surface area contributed by atoms with Gasteiger partial charge in [0.1, 0.15) is 0 Å². The van der Waals surface area contributed by atoms with Crippen molar-refractivity contribution in [3.63, 3.8) is 0 Å². The summed E-state index contributed by atoms with van der Waals surface area (Å²) in [5, 5.41) is 9.95. The van der Waals surface area contributed by atoms with Gasteiger partial charge in [0.05, 0.1) is 12.6 Å². The van der Waals surface area contributed by atoms with Crippen LogP contribution in [0.25, 0.3) is 0 Å². The fourth-order valence-electron chi connectivity index (χ4n) is 3.70. The van der Waals surface area contributed by atoms with E-state index in [1.807, 2.05) is 0 Å². The van der Waals surface area contributed by atoms with Crippen LogP contribution < -0.4 is 4.90 Å². The quantitative estimate of drug-likeness (QED) is 0.837. The summed E-state index contributed by atoms with van der Waals surface area (Å²) in [6.45, 7) is 15.4. The van der Waals surface area contributed by atoms with Crippen molar-refractivity contribution in [1.29, 1.82) is 0 Å². The molecule has 1 aliphatic rings. The number of rotatable bonds is 7. The molecule has 2 rings (SSSR count). The van der Waals surface area contributed by atoms with Crippen molar-refractivity contribution in [2.24, 2.45) is 0 Å². The summed E-state index contributed by atoms with van der Waals surface area (Å²) in [4.78, 5) is 7.29. The van der Waals surface area contributed by atoms with E-state index in [1.165, 1.54) is 11.3 Å². The number of nitrogens with zero attached hydrogens (tertiary/aromatic N) is 3. The third-order valence-electron chi connectivity index (χ3n) is 5.22. The molecule has 23 heavy (non-hydrogen) atoms. The molecule has 130 valence electrons. The van der Waals surface area contributed by atoms with Gasteiger partial charge in [-0.3, -0.25) is 9.80 Å². The molecule has 0 bridgehead atoms. The van der Waals surface area contributed by atoms with Crippen molar-refractivity contribution in [2.75, 3.05) is 50.8 Å². The van der Waals surface area contributed by atoms with Crippen molar-refractivity contribution in [1.82, 2.24) is 9.80 Å². The number of aliphatic hydroxyl groups is 1. The van der Waals surface area contributed by atoms with Gasteiger partial charge in [0.15, 0.2) is 0 Å². The van der Waals surface area contributed by atoms with Gasteiger partial charge in [0, 0.05) is 44.5 Å². The van der Waals surface area contributed by atoms with E-state index in [1.54, 1.807) is 0 Å². The minimum atomic E-state index is 0.113. The topological polar surface area (TPSA) is 30.0 Å². The smallest absolute Gasteiger partial charge is 0.0628 e. The molecule has 2 atom stereocenters. The van der Waals surface area contributed by atoms with Crippen LogP contribution in [0, 0.1) is 0 Å². The Bertz CT molecular complexity index is 458. The molecule has 1 saturated heterocycles. The number of likely N-dealkylation sites (N-methyl/N-ethyl adjacent to an activating group) is 1. The maximum absolute atomic E-state index is 9.95. The number of anilines is 1. The first-order chi connectivity index (χ1) is 11.1. The zero-order chi connectivity index (χ0) is 16.8. The van der Waals surface area contributed by atoms with Crippen LogP contribution in [-0.4, -0.2) is 66.8 Å². The van der Waals surface area contributed by atoms with Crippen LogP contribution in [0.4, 0.5) is 5.69 Å². The lowest BCUT2D eigenvalue weighted by molar-refractivity contribution is 0.0367. The van der Waals surface area contributed by atoms with Gasteiger partial charge in [0.25, 0.3) is 0 Å². The van der Waals surface area contributed by atoms with Gasteiger partial charge in [-0.25, -0.2) is 0 Å². The van der Waals surface area contributed by atoms with Gasteiger partial charge >= 0.3 is 0 Å². The van der Waals surface area contributed by atoms with Crippen LogP contribution in [0.3, 0.4) is 0 Å². The lowest BCUT2D eigenvalue weighted by atomic mass is 10.0. The third-order valence-corrected chi connectivity index (χ3v) is 5.22. The maximum Gasteiger partial charge on any atom is 0.0628 e. The predicted octanol–water partition coefficient (Wildman–Crippen LogP) is 2.59. The zero-order valence-electron chi connectivity index (χ0n) is 15.2. The second-order valence-corrected chi connectivity index (χ2v) is 6.43. The fourth-order valence-corrected chi connectivity index (χ4v) is 3.70. The summed E-state index contributed by atoms with van der Waals surface area (Å²) in [6, 6.07) is 9.42. The molecule has 1 heterocycles. The van der Waals surface area contributed by atoms with Gasteiger partial charge in [-0.15, -0.1) is 0 Å². The Balaban J connectivity index is 2.09. The molecule has 0 spiro atoms. The fraction of sp³-hybridized carbons (Fsp3) is 0.684. The highest BCUT2D eigenvalue weighted by molar-refractivity contribution is 5.47. The molecular formula is C19H33N3O. The Labute approximate surface area is 141 Å². The van der Waals surface area contributed by atoms with Crippen molar-refractivity contribution >= 4 is 5.69 Å². The Morgan fingerprint density at radius 2 is 1.78 bits per heavy atom. The van der Waals surface area contributed by atoms with Crippen molar-refractivity contribution in [2.45, 2.75) is 39.8 Å². The first-order valence-corrected chi connectivity index (χ1v) is 9.08. The third kappa shape index (κ3) is 4.25. The summed E-state index contributed by atoms with van der Waals surface area (Å²) in [7, 11) is 0.